The van der Waals surface area contributed by atoms with Crippen molar-refractivity contribution in [3.05, 3.63) is 52.4 Å². The number of nitrogens with zero attached hydrogens (tertiary/aromatic N) is 1. The third-order valence-electron chi connectivity index (χ3n) is 3.99. The average molecular weight is 385 g/mol. The molecule has 1 fully saturated rings. The topological polar surface area (TPSA) is 66.5 Å². The second-order valence-electron chi connectivity index (χ2n) is 5.56. The van der Waals surface area contributed by atoms with Crippen molar-refractivity contribution >= 4 is 38.9 Å². The fourth-order valence-corrected chi connectivity index (χ4v) is 5.71. The lowest BCUT2D eigenvalue weighted by Gasteiger charge is -2.23. The van der Waals surface area contributed by atoms with Crippen LogP contribution in [0, 0.1) is 0 Å². The van der Waals surface area contributed by atoms with Gasteiger partial charge < -0.3 is 5.32 Å². The molecule has 0 bridgehead atoms. The van der Waals surface area contributed by atoms with Crippen molar-refractivity contribution in [1.82, 2.24) is 9.62 Å². The van der Waals surface area contributed by atoms with Gasteiger partial charge in [0.2, 0.25) is 0 Å². The molecule has 0 radical (unpaired) electrons. The van der Waals surface area contributed by atoms with Gasteiger partial charge in [0.15, 0.2) is 0 Å². The summed E-state index contributed by atoms with van der Waals surface area (Å²) in [6, 6.07) is 9.72. The first-order valence-electron chi connectivity index (χ1n) is 7.57. The van der Waals surface area contributed by atoms with Gasteiger partial charge in [-0.25, -0.2) is 8.42 Å². The van der Waals surface area contributed by atoms with Crippen LogP contribution in [0.25, 0.3) is 0 Å². The molecule has 0 spiro atoms. The van der Waals surface area contributed by atoms with Crippen LogP contribution in [-0.2, 0) is 10.0 Å². The van der Waals surface area contributed by atoms with Crippen LogP contribution in [0.1, 0.15) is 23.2 Å². The highest BCUT2D eigenvalue weighted by Gasteiger charge is 2.35. The van der Waals surface area contributed by atoms with Gasteiger partial charge in [0.25, 0.3) is 15.9 Å². The van der Waals surface area contributed by atoms with Crippen LogP contribution in [0.4, 0.5) is 0 Å². The lowest BCUT2D eigenvalue weighted by atomic mass is 10.2. The largest absolute Gasteiger partial charge is 0.350 e. The molecule has 1 aliphatic rings. The molecule has 2 aromatic rings. The fourth-order valence-electron chi connectivity index (χ4n) is 2.77. The Morgan fingerprint density at radius 1 is 1.29 bits per heavy atom. The highest BCUT2D eigenvalue weighted by atomic mass is 35.5. The van der Waals surface area contributed by atoms with Crippen molar-refractivity contribution in [1.29, 1.82) is 0 Å². The first kappa shape index (κ1) is 17.4. The van der Waals surface area contributed by atoms with Gasteiger partial charge in [-0.05, 0) is 48.6 Å². The van der Waals surface area contributed by atoms with Crippen LogP contribution in [-0.4, -0.2) is 37.8 Å². The fraction of sp³-hybridized carbons (Fsp3) is 0.312. The molecule has 24 heavy (non-hydrogen) atoms. The molecule has 1 aromatic heterocycles. The smallest absolute Gasteiger partial charge is 0.252 e. The van der Waals surface area contributed by atoms with Gasteiger partial charge in [-0.1, -0.05) is 17.7 Å². The first-order chi connectivity index (χ1) is 11.5. The summed E-state index contributed by atoms with van der Waals surface area (Å²) < 4.78 is 27.2. The monoisotopic (exact) mass is 384 g/mol. The average Bonchev–Trinajstić information content (AvgIpc) is 3.25. The third kappa shape index (κ3) is 3.64. The molecule has 8 heteroatoms. The molecular weight excluding hydrogens is 368 g/mol. The zero-order valence-corrected chi connectivity index (χ0v) is 15.2. The Bertz CT molecular complexity index is 804. The Hall–Kier alpha value is -1.41. The number of rotatable bonds is 5. The van der Waals surface area contributed by atoms with E-state index in [4.69, 9.17) is 11.6 Å². The number of thiophene rings is 1. The molecule has 0 saturated carbocycles. The van der Waals surface area contributed by atoms with Gasteiger partial charge in [0.05, 0.1) is 0 Å². The summed E-state index contributed by atoms with van der Waals surface area (Å²) in [5, 5.41) is 5.14. The maximum atomic E-state index is 12.7. The summed E-state index contributed by atoms with van der Waals surface area (Å²) in [5.41, 5.74) is 0.505. The zero-order chi connectivity index (χ0) is 17.2. The highest BCUT2D eigenvalue weighted by molar-refractivity contribution is 7.91. The number of hydrogen-bond acceptors (Lipinski definition) is 4. The van der Waals surface area contributed by atoms with Gasteiger partial charge >= 0.3 is 0 Å². The summed E-state index contributed by atoms with van der Waals surface area (Å²) in [6.45, 7) is 0.785. The number of nitrogens with one attached hydrogen (secondary N) is 1. The van der Waals surface area contributed by atoms with Crippen molar-refractivity contribution in [2.24, 2.45) is 0 Å². The number of sulfonamides is 1. The van der Waals surface area contributed by atoms with E-state index in [0.717, 1.165) is 12.8 Å². The minimum Gasteiger partial charge on any atom is -0.350 e. The van der Waals surface area contributed by atoms with Crippen LogP contribution in [0.5, 0.6) is 0 Å². The second-order valence-corrected chi connectivity index (χ2v) is 9.06. The summed E-state index contributed by atoms with van der Waals surface area (Å²) >= 11 is 7.02. The lowest BCUT2D eigenvalue weighted by molar-refractivity contribution is 0.0946. The van der Waals surface area contributed by atoms with Crippen LogP contribution in [0.2, 0.25) is 5.02 Å². The molecule has 5 nitrogen and oxygen atoms in total. The molecule has 3 rings (SSSR count). The SMILES string of the molecule is O=C(NCC1CCCN1S(=O)(=O)c1cccs1)c1ccc(Cl)cc1. The normalized spacial score (nSPS) is 18.6. The summed E-state index contributed by atoms with van der Waals surface area (Å²) in [7, 11) is -3.48. The Balaban J connectivity index is 1.66. The Morgan fingerprint density at radius 3 is 2.71 bits per heavy atom. The van der Waals surface area contributed by atoms with Crippen LogP contribution >= 0.6 is 22.9 Å². The maximum Gasteiger partial charge on any atom is 0.252 e. The second kappa shape index (κ2) is 7.23. The molecule has 1 aromatic carbocycles. The molecule has 1 unspecified atom stereocenters. The first-order valence-corrected chi connectivity index (χ1v) is 10.3. The molecule has 1 atom stereocenters. The predicted octanol–water partition coefficient (Wildman–Crippen LogP) is 2.98. The van der Waals surface area contributed by atoms with Gasteiger partial charge in [0, 0.05) is 29.7 Å². The number of carbonyl (C=O) groups excluding carboxylic acids is 1. The molecule has 1 N–H and O–H groups in total. The van der Waals surface area contributed by atoms with Crippen molar-refractivity contribution in [2.45, 2.75) is 23.1 Å². The minimum atomic E-state index is -3.48. The Labute approximate surface area is 150 Å². The van der Waals surface area contributed by atoms with Crippen molar-refractivity contribution in [2.75, 3.05) is 13.1 Å². The van der Waals surface area contributed by atoms with Gasteiger partial charge in [0.1, 0.15) is 4.21 Å². The molecule has 0 aliphatic carbocycles. The van der Waals surface area contributed by atoms with E-state index in [-0.39, 0.29) is 11.9 Å². The standard InChI is InChI=1S/C16H17ClN2O3S2/c17-13-7-5-12(6-8-13)16(20)18-11-14-3-1-9-19(14)24(21,22)15-4-2-10-23-15/h2,4-8,10,14H,1,3,9,11H2,(H,18,20). The molecule has 128 valence electrons. The molecule has 1 saturated heterocycles. The summed E-state index contributed by atoms with van der Waals surface area (Å²) in [4.78, 5) is 12.2. The molecule has 1 amide bonds. The maximum absolute atomic E-state index is 12.7. The van der Waals surface area contributed by atoms with E-state index in [1.165, 1.54) is 15.6 Å². The summed E-state index contributed by atoms with van der Waals surface area (Å²) in [5.74, 6) is -0.230. The number of amides is 1. The zero-order valence-electron chi connectivity index (χ0n) is 12.8. The minimum absolute atomic E-state index is 0.214. The Kier molecular flexibility index (Phi) is 5.24. The van der Waals surface area contributed by atoms with E-state index >= 15 is 0 Å². The van der Waals surface area contributed by atoms with E-state index < -0.39 is 10.0 Å². The molecule has 2 heterocycles. The Morgan fingerprint density at radius 2 is 2.04 bits per heavy atom. The highest BCUT2D eigenvalue weighted by Crippen LogP contribution is 2.28. The number of benzene rings is 1. The van der Waals surface area contributed by atoms with E-state index in [1.807, 2.05) is 0 Å². The lowest BCUT2D eigenvalue weighted by Crippen LogP contribution is -2.42. The number of halogens is 1. The van der Waals surface area contributed by atoms with Crippen LogP contribution < -0.4 is 5.32 Å². The van der Waals surface area contributed by atoms with E-state index in [2.05, 4.69) is 5.32 Å². The van der Waals surface area contributed by atoms with E-state index in [1.54, 1.807) is 41.8 Å². The van der Waals surface area contributed by atoms with Gasteiger partial charge in [-0.3, -0.25) is 4.79 Å². The van der Waals surface area contributed by atoms with Crippen LogP contribution in [0.15, 0.2) is 46.0 Å². The molecule has 1 aliphatic heterocycles. The summed E-state index contributed by atoms with van der Waals surface area (Å²) in [6.07, 6.45) is 1.54. The third-order valence-corrected chi connectivity index (χ3v) is 7.56. The van der Waals surface area contributed by atoms with E-state index in [9.17, 15) is 13.2 Å². The van der Waals surface area contributed by atoms with Crippen molar-refractivity contribution in [3.8, 4) is 0 Å². The number of hydrogen-bond donors (Lipinski definition) is 1. The van der Waals surface area contributed by atoms with Gasteiger partial charge in [-0.15, -0.1) is 11.3 Å². The van der Waals surface area contributed by atoms with E-state index in [0.29, 0.717) is 27.9 Å². The predicted molar refractivity (Wildman–Crippen MR) is 95.0 cm³/mol. The number of carbonyl (C=O) groups is 1. The van der Waals surface area contributed by atoms with Gasteiger partial charge in [-0.2, -0.15) is 4.31 Å². The van der Waals surface area contributed by atoms with Crippen LogP contribution in [0.3, 0.4) is 0 Å². The van der Waals surface area contributed by atoms with Crippen molar-refractivity contribution < 1.29 is 13.2 Å². The van der Waals surface area contributed by atoms with Crippen molar-refractivity contribution in [3.63, 3.8) is 0 Å². The quantitative estimate of drug-likeness (QED) is 0.861. The molecular formula is C16H17ClN2O3S2.